The lowest BCUT2D eigenvalue weighted by atomic mass is 10.1. The van der Waals surface area contributed by atoms with Crippen molar-refractivity contribution in [2.75, 3.05) is 26.7 Å². The lowest BCUT2D eigenvalue weighted by molar-refractivity contribution is 0.357. The number of guanidine groups is 1. The zero-order valence-corrected chi connectivity index (χ0v) is 15.6. The van der Waals surface area contributed by atoms with Crippen LogP contribution in [0.4, 0.5) is 0 Å². The van der Waals surface area contributed by atoms with Gasteiger partial charge in [0.25, 0.3) is 0 Å². The molecule has 0 amide bonds. The van der Waals surface area contributed by atoms with E-state index in [0.29, 0.717) is 0 Å². The lowest BCUT2D eigenvalue weighted by Gasteiger charge is -2.11. The van der Waals surface area contributed by atoms with Crippen molar-refractivity contribution in [3.8, 4) is 5.75 Å². The lowest BCUT2D eigenvalue weighted by Crippen LogP contribution is -2.39. The van der Waals surface area contributed by atoms with E-state index in [0.717, 1.165) is 67.5 Å². The van der Waals surface area contributed by atoms with E-state index in [-0.39, 0.29) is 0 Å². The van der Waals surface area contributed by atoms with Crippen LogP contribution in [0.25, 0.3) is 11.0 Å². The number of imidazole rings is 1. The van der Waals surface area contributed by atoms with Crippen LogP contribution in [0.1, 0.15) is 17.0 Å². The minimum Gasteiger partial charge on any atom is -0.493 e. The number of aliphatic imine (C=N–C) groups is 1. The molecule has 0 unspecified atom stereocenters. The van der Waals surface area contributed by atoms with Gasteiger partial charge in [0.1, 0.15) is 11.6 Å². The first-order valence-corrected chi connectivity index (χ1v) is 9.44. The maximum Gasteiger partial charge on any atom is 0.191 e. The van der Waals surface area contributed by atoms with Gasteiger partial charge in [-0.1, -0.05) is 24.3 Å². The molecule has 0 aliphatic carbocycles. The number of para-hydroxylation sites is 2. The molecule has 27 heavy (non-hydrogen) atoms. The number of nitrogens with zero attached hydrogens (tertiary/aromatic N) is 2. The van der Waals surface area contributed by atoms with Crippen LogP contribution in [0.5, 0.6) is 5.75 Å². The van der Waals surface area contributed by atoms with Gasteiger partial charge in [0.15, 0.2) is 5.96 Å². The number of H-pyrrole nitrogens is 1. The number of aromatic amines is 1. The van der Waals surface area contributed by atoms with Gasteiger partial charge >= 0.3 is 0 Å². The Bertz CT molecular complexity index is 914. The van der Waals surface area contributed by atoms with Crippen molar-refractivity contribution in [1.29, 1.82) is 0 Å². The van der Waals surface area contributed by atoms with Crippen molar-refractivity contribution in [2.45, 2.75) is 19.3 Å². The summed E-state index contributed by atoms with van der Waals surface area (Å²) in [5.74, 6) is 2.84. The maximum absolute atomic E-state index is 5.56. The molecule has 4 rings (SSSR count). The Morgan fingerprint density at radius 2 is 2.00 bits per heavy atom. The average molecular weight is 363 g/mol. The predicted octanol–water partition coefficient (Wildman–Crippen LogP) is 2.45. The maximum atomic E-state index is 5.56. The number of aromatic nitrogens is 2. The molecule has 3 N–H and O–H groups in total. The SMILES string of the molecule is CN=C(NCCc1ccc2c(c1)CCO2)NCCc1nc2ccccc2[nH]1. The number of nitrogens with one attached hydrogen (secondary N) is 3. The third kappa shape index (κ3) is 4.22. The van der Waals surface area contributed by atoms with Gasteiger partial charge in [0.05, 0.1) is 17.6 Å². The van der Waals surface area contributed by atoms with Crippen LogP contribution in [0.3, 0.4) is 0 Å². The Morgan fingerprint density at radius 3 is 2.85 bits per heavy atom. The Labute approximate surface area is 159 Å². The van der Waals surface area contributed by atoms with Crippen LogP contribution in [-0.4, -0.2) is 42.7 Å². The number of benzene rings is 2. The van der Waals surface area contributed by atoms with Crippen molar-refractivity contribution in [2.24, 2.45) is 4.99 Å². The summed E-state index contributed by atoms with van der Waals surface area (Å²) in [6, 6.07) is 14.6. The highest BCUT2D eigenvalue weighted by Crippen LogP contribution is 2.25. The molecule has 1 aromatic heterocycles. The van der Waals surface area contributed by atoms with Crippen LogP contribution in [-0.2, 0) is 19.3 Å². The summed E-state index contributed by atoms with van der Waals surface area (Å²) in [4.78, 5) is 12.2. The second kappa shape index (κ2) is 8.12. The van der Waals surface area contributed by atoms with Crippen molar-refractivity contribution < 1.29 is 4.74 Å². The summed E-state index contributed by atoms with van der Waals surface area (Å²) in [6.45, 7) is 2.42. The van der Waals surface area contributed by atoms with Crippen LogP contribution in [0.2, 0.25) is 0 Å². The molecule has 2 aromatic carbocycles. The minimum atomic E-state index is 0.773. The fraction of sp³-hybridized carbons (Fsp3) is 0.333. The molecular weight excluding hydrogens is 338 g/mol. The van der Waals surface area contributed by atoms with E-state index < -0.39 is 0 Å². The fourth-order valence-electron chi connectivity index (χ4n) is 3.36. The first-order valence-electron chi connectivity index (χ1n) is 9.44. The number of hydrogen-bond donors (Lipinski definition) is 3. The number of ether oxygens (including phenoxy) is 1. The van der Waals surface area contributed by atoms with Crippen molar-refractivity contribution in [3.63, 3.8) is 0 Å². The molecule has 0 spiro atoms. The highest BCUT2D eigenvalue weighted by atomic mass is 16.5. The van der Waals surface area contributed by atoms with E-state index in [1.165, 1.54) is 11.1 Å². The molecule has 140 valence electrons. The van der Waals surface area contributed by atoms with Gasteiger partial charge in [-0.05, 0) is 35.7 Å². The largest absolute Gasteiger partial charge is 0.493 e. The minimum absolute atomic E-state index is 0.773. The third-order valence-corrected chi connectivity index (χ3v) is 4.78. The Hall–Kier alpha value is -3.02. The molecule has 0 saturated carbocycles. The molecule has 6 heteroatoms. The fourth-order valence-corrected chi connectivity index (χ4v) is 3.36. The molecule has 1 aliphatic heterocycles. The zero-order chi connectivity index (χ0) is 18.5. The van der Waals surface area contributed by atoms with Gasteiger partial charge < -0.3 is 20.4 Å². The first kappa shape index (κ1) is 17.4. The number of rotatable bonds is 6. The molecule has 1 aliphatic rings. The Morgan fingerprint density at radius 1 is 1.15 bits per heavy atom. The summed E-state index contributed by atoms with van der Waals surface area (Å²) < 4.78 is 5.56. The first-order chi connectivity index (χ1) is 13.3. The van der Waals surface area contributed by atoms with Crippen LogP contribution < -0.4 is 15.4 Å². The molecule has 6 nitrogen and oxygen atoms in total. The zero-order valence-electron chi connectivity index (χ0n) is 15.6. The van der Waals surface area contributed by atoms with Crippen LogP contribution in [0, 0.1) is 0 Å². The topological polar surface area (TPSA) is 74.3 Å². The quantitative estimate of drug-likeness (QED) is 0.465. The third-order valence-electron chi connectivity index (χ3n) is 4.78. The van der Waals surface area contributed by atoms with E-state index in [1.807, 2.05) is 24.3 Å². The smallest absolute Gasteiger partial charge is 0.191 e. The van der Waals surface area contributed by atoms with Crippen LogP contribution in [0.15, 0.2) is 47.5 Å². The molecule has 0 atom stereocenters. The second-order valence-corrected chi connectivity index (χ2v) is 6.67. The van der Waals surface area contributed by atoms with Crippen molar-refractivity contribution >= 4 is 17.0 Å². The normalized spacial score (nSPS) is 13.4. The average Bonchev–Trinajstić information content (AvgIpc) is 3.32. The molecule has 0 saturated heterocycles. The van der Waals surface area contributed by atoms with E-state index >= 15 is 0 Å². The van der Waals surface area contributed by atoms with Gasteiger partial charge in [-0.25, -0.2) is 4.98 Å². The van der Waals surface area contributed by atoms with Gasteiger partial charge in [0.2, 0.25) is 0 Å². The molecule has 0 bridgehead atoms. The number of fused-ring (bicyclic) bond motifs is 2. The van der Waals surface area contributed by atoms with E-state index in [9.17, 15) is 0 Å². The van der Waals surface area contributed by atoms with Crippen molar-refractivity contribution in [3.05, 3.63) is 59.4 Å². The molecule has 0 radical (unpaired) electrons. The summed E-state index contributed by atoms with van der Waals surface area (Å²) in [5.41, 5.74) is 4.73. The Balaban J connectivity index is 1.22. The van der Waals surface area contributed by atoms with Gasteiger partial charge in [-0.15, -0.1) is 0 Å². The summed E-state index contributed by atoms with van der Waals surface area (Å²) in [5, 5.41) is 6.72. The molecular formula is C21H25N5O. The van der Waals surface area contributed by atoms with Gasteiger partial charge in [-0.2, -0.15) is 0 Å². The predicted molar refractivity (Wildman–Crippen MR) is 109 cm³/mol. The highest BCUT2D eigenvalue weighted by molar-refractivity contribution is 5.79. The van der Waals surface area contributed by atoms with E-state index in [2.05, 4.69) is 43.8 Å². The van der Waals surface area contributed by atoms with E-state index in [4.69, 9.17) is 4.74 Å². The molecule has 2 heterocycles. The monoisotopic (exact) mass is 363 g/mol. The van der Waals surface area contributed by atoms with E-state index in [1.54, 1.807) is 7.05 Å². The summed E-state index contributed by atoms with van der Waals surface area (Å²) >= 11 is 0. The number of hydrogen-bond acceptors (Lipinski definition) is 3. The summed E-state index contributed by atoms with van der Waals surface area (Å²) in [7, 11) is 1.79. The highest BCUT2D eigenvalue weighted by Gasteiger charge is 2.11. The van der Waals surface area contributed by atoms with Crippen LogP contribution >= 0.6 is 0 Å². The van der Waals surface area contributed by atoms with Gasteiger partial charge in [-0.3, -0.25) is 4.99 Å². The molecule has 3 aromatic rings. The van der Waals surface area contributed by atoms with Gasteiger partial charge in [0, 0.05) is 33.0 Å². The standard InChI is InChI=1S/C21H25N5O/c1-22-21(23-11-8-15-6-7-19-16(14-15)10-13-27-19)24-12-9-20-25-17-4-2-3-5-18(17)26-20/h2-7,14H,8-13H2,1H3,(H,25,26)(H2,22,23,24). The second-order valence-electron chi connectivity index (χ2n) is 6.67. The Kier molecular flexibility index (Phi) is 5.23. The summed E-state index contributed by atoms with van der Waals surface area (Å²) in [6.07, 6.45) is 2.79. The van der Waals surface area contributed by atoms with Crippen molar-refractivity contribution in [1.82, 2.24) is 20.6 Å². The molecule has 0 fully saturated rings.